The molecule has 0 unspecified atom stereocenters. The van der Waals surface area contributed by atoms with Gasteiger partial charge in [0.2, 0.25) is 0 Å². The average Bonchev–Trinajstić information content (AvgIpc) is 3.26. The van der Waals surface area contributed by atoms with Gasteiger partial charge < -0.3 is 36.2 Å². The Morgan fingerprint density at radius 3 is 2.79 bits per heavy atom. The van der Waals surface area contributed by atoms with Crippen LogP contribution in [0.25, 0.3) is 11.2 Å². The smallest absolute Gasteiger partial charge is 0.315 e. The summed E-state index contributed by atoms with van der Waals surface area (Å²) in [5, 5.41) is 27.1. The molecule has 1 aromatic carbocycles. The van der Waals surface area contributed by atoms with Crippen molar-refractivity contribution in [1.82, 2.24) is 35.1 Å². The molecule has 0 fully saturated rings. The first-order valence-electron chi connectivity index (χ1n) is 10.9. The van der Waals surface area contributed by atoms with Gasteiger partial charge in [0.15, 0.2) is 17.7 Å². The molecule has 0 bridgehead atoms. The van der Waals surface area contributed by atoms with E-state index in [1.54, 1.807) is 0 Å². The van der Waals surface area contributed by atoms with Crippen molar-refractivity contribution in [3.05, 3.63) is 48.0 Å². The number of carbonyl (C=O) groups is 1. The van der Waals surface area contributed by atoms with Gasteiger partial charge in [0, 0.05) is 33.3 Å². The lowest BCUT2D eigenvalue weighted by Crippen LogP contribution is -2.45. The van der Waals surface area contributed by atoms with E-state index in [0.717, 1.165) is 11.1 Å². The summed E-state index contributed by atoms with van der Waals surface area (Å²) in [5.74, 6) is 0.184. The van der Waals surface area contributed by atoms with E-state index >= 15 is 0 Å². The Morgan fingerprint density at radius 2 is 2.06 bits per heavy atom. The third-order valence-corrected chi connectivity index (χ3v) is 5.47. The molecule has 2 amide bonds. The molecule has 12 nitrogen and oxygen atoms in total. The summed E-state index contributed by atoms with van der Waals surface area (Å²) in [6.45, 7) is 3.67. The van der Waals surface area contributed by atoms with Gasteiger partial charge >= 0.3 is 6.03 Å². The molecule has 0 radical (unpaired) electrons. The number of hydrogen-bond acceptors (Lipinski definition) is 9. The molecule has 2 aromatic heterocycles. The Hall–Kier alpha value is -3.32. The van der Waals surface area contributed by atoms with Gasteiger partial charge in [0.25, 0.3) is 0 Å². The number of nitrogens with zero attached hydrogens (tertiary/aromatic N) is 5. The molecule has 0 saturated carbocycles. The molecule has 3 atom stereocenters. The molecule has 0 aliphatic carbocycles. The van der Waals surface area contributed by atoms with Crippen molar-refractivity contribution in [1.29, 1.82) is 0 Å². The average molecular weight is 473 g/mol. The van der Waals surface area contributed by atoms with E-state index in [-0.39, 0.29) is 11.8 Å². The topological polar surface area (TPSA) is 164 Å². The molecule has 2 heterocycles. The van der Waals surface area contributed by atoms with E-state index in [9.17, 15) is 15.0 Å². The van der Waals surface area contributed by atoms with E-state index in [2.05, 4.69) is 25.6 Å². The molecule has 6 N–H and O–H groups in total. The van der Waals surface area contributed by atoms with Crippen LogP contribution in [0.5, 0.6) is 0 Å². The number of likely N-dealkylation sites (N-methyl/N-ethyl adjacent to an activating group) is 1. The van der Waals surface area contributed by atoms with Crippen LogP contribution in [0.15, 0.2) is 36.9 Å². The number of nitrogens with two attached hydrogens (primary N) is 1. The fraction of sp³-hybridized carbons (Fsp3) is 0.455. The lowest BCUT2D eigenvalue weighted by atomic mass is 10.1. The maximum Gasteiger partial charge on any atom is 0.315 e. The zero-order valence-corrected chi connectivity index (χ0v) is 19.5. The number of benzene rings is 1. The third-order valence-electron chi connectivity index (χ3n) is 5.47. The van der Waals surface area contributed by atoms with Crippen LogP contribution < -0.4 is 16.4 Å². The second-order valence-electron chi connectivity index (χ2n) is 8.12. The number of hydrogen-bond donors (Lipinski definition) is 5. The summed E-state index contributed by atoms with van der Waals surface area (Å²) in [5.41, 5.74) is 8.60. The highest BCUT2D eigenvalue weighted by Gasteiger charge is 2.30. The van der Waals surface area contributed by atoms with Crippen LogP contribution in [-0.2, 0) is 11.3 Å². The maximum absolute atomic E-state index is 12.1. The number of aliphatic hydroxyl groups excluding tert-OH is 2. The lowest BCUT2D eigenvalue weighted by Gasteiger charge is -2.29. The first kappa shape index (κ1) is 25.3. The predicted octanol–water partition coefficient (Wildman–Crippen LogP) is 0.0149. The molecule has 0 aliphatic rings. The number of fused-ring (bicyclic) bond motifs is 1. The number of ether oxygens (including phenoxy) is 1. The molecule has 0 spiro atoms. The Labute approximate surface area is 197 Å². The number of rotatable bonds is 11. The summed E-state index contributed by atoms with van der Waals surface area (Å²) in [6.07, 6.45) is -0.735. The summed E-state index contributed by atoms with van der Waals surface area (Å²) >= 11 is 0. The molecule has 12 heteroatoms. The molecule has 3 aromatic rings. The fourth-order valence-electron chi connectivity index (χ4n) is 3.57. The number of imidazole rings is 1. The summed E-state index contributed by atoms with van der Waals surface area (Å²) in [4.78, 5) is 26.0. The van der Waals surface area contributed by atoms with Gasteiger partial charge in [-0.25, -0.2) is 19.7 Å². The van der Waals surface area contributed by atoms with E-state index in [4.69, 9.17) is 10.5 Å². The summed E-state index contributed by atoms with van der Waals surface area (Å²) in [6, 6.07) is 7.68. The van der Waals surface area contributed by atoms with Crippen molar-refractivity contribution in [3.8, 4) is 0 Å². The van der Waals surface area contributed by atoms with E-state index in [0.29, 0.717) is 37.3 Å². The molecule has 0 saturated heterocycles. The first-order chi connectivity index (χ1) is 16.3. The van der Waals surface area contributed by atoms with Crippen LogP contribution in [0.4, 0.5) is 10.6 Å². The monoisotopic (exact) mass is 472 g/mol. The SMILES string of the molecule is CO[C@H](CN(C)CCNC(=O)NCc1cccc(C)c1)[C@@H](O)[C@@H](O)n1cnc2c(N)ncnc21. The van der Waals surface area contributed by atoms with E-state index in [1.807, 2.05) is 43.1 Å². The Balaban J connectivity index is 1.46. The molecular weight excluding hydrogens is 440 g/mol. The standard InChI is InChI=1S/C22H32N8O4/c1-14-5-4-6-15(9-14)10-25-22(33)24-7-8-29(2)11-16(34-3)18(31)21(32)30-13-28-17-19(23)26-12-27-20(17)30/h4-6,9,12-13,16,18,21,31-32H,7-8,10-11H2,1-3H3,(H2,23,26,27)(H2,24,25,33)/t16-,18-,21-/m1/s1. The second kappa shape index (κ2) is 11.7. The van der Waals surface area contributed by atoms with E-state index < -0.39 is 18.4 Å². The van der Waals surface area contributed by atoms with Crippen LogP contribution in [0.1, 0.15) is 17.4 Å². The van der Waals surface area contributed by atoms with Gasteiger partial charge in [-0.2, -0.15) is 0 Å². The number of aryl methyl sites for hydroxylation is 1. The summed E-state index contributed by atoms with van der Waals surface area (Å²) < 4.78 is 6.74. The van der Waals surface area contributed by atoms with Gasteiger partial charge in [0.05, 0.1) is 6.33 Å². The van der Waals surface area contributed by atoms with Crippen LogP contribution in [0, 0.1) is 6.92 Å². The van der Waals surface area contributed by atoms with E-state index in [1.165, 1.54) is 24.3 Å². The number of nitrogen functional groups attached to an aromatic ring is 1. The minimum atomic E-state index is -1.36. The predicted molar refractivity (Wildman–Crippen MR) is 127 cm³/mol. The van der Waals surface area contributed by atoms with Crippen LogP contribution in [-0.4, -0.2) is 86.7 Å². The van der Waals surface area contributed by atoms with Gasteiger partial charge in [0.1, 0.15) is 24.1 Å². The van der Waals surface area contributed by atoms with Gasteiger partial charge in [-0.3, -0.25) is 4.57 Å². The number of amides is 2. The minimum absolute atomic E-state index is 0.184. The minimum Gasteiger partial charge on any atom is -0.386 e. The van der Waals surface area contributed by atoms with Crippen molar-refractivity contribution in [3.63, 3.8) is 0 Å². The highest BCUT2D eigenvalue weighted by molar-refractivity contribution is 5.81. The number of urea groups is 1. The number of aliphatic hydroxyl groups is 2. The highest BCUT2D eigenvalue weighted by Crippen LogP contribution is 2.21. The number of carbonyl (C=O) groups excluding carboxylic acids is 1. The highest BCUT2D eigenvalue weighted by atomic mass is 16.5. The quantitative estimate of drug-likeness (QED) is 0.259. The van der Waals surface area contributed by atoms with Crippen molar-refractivity contribution in [2.45, 2.75) is 31.9 Å². The second-order valence-corrected chi connectivity index (χ2v) is 8.12. The largest absolute Gasteiger partial charge is 0.386 e. The normalized spacial score (nSPS) is 14.2. The van der Waals surface area contributed by atoms with Gasteiger partial charge in [-0.05, 0) is 19.5 Å². The lowest BCUT2D eigenvalue weighted by molar-refractivity contribution is -0.108. The van der Waals surface area contributed by atoms with Crippen LogP contribution >= 0.6 is 0 Å². The molecule has 34 heavy (non-hydrogen) atoms. The Bertz CT molecular complexity index is 1090. The Morgan fingerprint density at radius 1 is 1.26 bits per heavy atom. The maximum atomic E-state index is 12.1. The third kappa shape index (κ3) is 6.38. The zero-order chi connectivity index (χ0) is 24.7. The zero-order valence-electron chi connectivity index (χ0n) is 19.5. The van der Waals surface area contributed by atoms with Gasteiger partial charge in [-0.15, -0.1) is 0 Å². The number of aromatic nitrogens is 4. The summed E-state index contributed by atoms with van der Waals surface area (Å²) in [7, 11) is 3.29. The van der Waals surface area contributed by atoms with Crippen molar-refractivity contribution >= 4 is 23.0 Å². The Kier molecular flexibility index (Phi) is 8.71. The number of methoxy groups -OCH3 is 1. The molecule has 0 aliphatic heterocycles. The van der Waals surface area contributed by atoms with Crippen LogP contribution in [0.2, 0.25) is 0 Å². The molecular formula is C22H32N8O4. The fourth-order valence-corrected chi connectivity index (χ4v) is 3.57. The van der Waals surface area contributed by atoms with Gasteiger partial charge in [-0.1, -0.05) is 29.8 Å². The molecule has 3 rings (SSSR count). The van der Waals surface area contributed by atoms with Crippen LogP contribution in [0.3, 0.4) is 0 Å². The van der Waals surface area contributed by atoms with Crippen molar-refractivity contribution in [2.75, 3.05) is 39.5 Å². The first-order valence-corrected chi connectivity index (χ1v) is 10.9. The number of nitrogens with one attached hydrogen (secondary N) is 2. The number of anilines is 1. The molecule has 184 valence electrons. The van der Waals surface area contributed by atoms with Crippen molar-refractivity contribution < 1.29 is 19.7 Å². The van der Waals surface area contributed by atoms with Crippen molar-refractivity contribution in [2.24, 2.45) is 0 Å².